The molecule has 158 valence electrons. The average molecular weight is 409 g/mol. The van der Waals surface area contributed by atoms with Gasteiger partial charge < -0.3 is 19.1 Å². The molecule has 0 saturated carbocycles. The van der Waals surface area contributed by atoms with Crippen LogP contribution >= 0.6 is 0 Å². The van der Waals surface area contributed by atoms with Gasteiger partial charge in [-0.2, -0.15) is 5.10 Å². The molecule has 7 heteroatoms. The van der Waals surface area contributed by atoms with Gasteiger partial charge in [0.2, 0.25) is 0 Å². The quantitative estimate of drug-likeness (QED) is 0.581. The molecule has 0 aliphatic carbocycles. The van der Waals surface area contributed by atoms with E-state index in [0.717, 1.165) is 66.6 Å². The van der Waals surface area contributed by atoms with Crippen LogP contribution in [-0.2, 0) is 9.47 Å². The number of epoxide rings is 1. The lowest BCUT2D eigenvalue weighted by Crippen LogP contribution is -2.36. The molecule has 1 unspecified atom stereocenters. The molecule has 30 heavy (non-hydrogen) atoms. The molecular weight excluding hydrogens is 380 g/mol. The van der Waals surface area contributed by atoms with Crippen molar-refractivity contribution in [2.45, 2.75) is 32.9 Å². The highest BCUT2D eigenvalue weighted by Crippen LogP contribution is 2.35. The second kappa shape index (κ2) is 7.89. The minimum Gasteiger partial charge on any atom is -0.491 e. The fourth-order valence-corrected chi connectivity index (χ4v) is 3.95. The van der Waals surface area contributed by atoms with Gasteiger partial charge >= 0.3 is 0 Å². The number of hydrogen-bond acceptors (Lipinski definition) is 6. The third-order valence-electron chi connectivity index (χ3n) is 5.63. The lowest BCUT2D eigenvalue weighted by molar-refractivity contribution is 0.123. The summed E-state index contributed by atoms with van der Waals surface area (Å²) in [5, 5.41) is 5.94. The van der Waals surface area contributed by atoms with Crippen LogP contribution in [0.2, 0.25) is 0 Å². The zero-order valence-corrected chi connectivity index (χ0v) is 17.8. The van der Waals surface area contributed by atoms with Crippen LogP contribution in [0.25, 0.3) is 22.3 Å². The maximum atomic E-state index is 5.89. The van der Waals surface area contributed by atoms with Gasteiger partial charge in [-0.05, 0) is 39.0 Å². The number of ether oxygens (including phenoxy) is 3. The normalized spacial score (nSPS) is 18.9. The van der Waals surface area contributed by atoms with Crippen molar-refractivity contribution in [3.8, 4) is 17.0 Å². The molecule has 2 fully saturated rings. The molecule has 0 spiro atoms. The smallest absolute Gasteiger partial charge is 0.161 e. The van der Waals surface area contributed by atoms with E-state index in [4.69, 9.17) is 24.3 Å². The summed E-state index contributed by atoms with van der Waals surface area (Å²) in [4.78, 5) is 7.44. The molecule has 1 atom stereocenters. The Morgan fingerprint density at radius 2 is 2.00 bits per heavy atom. The average Bonchev–Trinajstić information content (AvgIpc) is 3.54. The van der Waals surface area contributed by atoms with Crippen molar-refractivity contribution in [3.63, 3.8) is 0 Å². The first-order valence-corrected chi connectivity index (χ1v) is 10.7. The number of pyridine rings is 1. The molecule has 0 radical (unpaired) electrons. The van der Waals surface area contributed by atoms with Gasteiger partial charge in [0.25, 0.3) is 0 Å². The standard InChI is InChI=1S/C23H28N4O3/c1-15(2)27-23-22(16(3)25-27)21(26-7-9-28-10-8-26)12-20(24-23)17-5-4-6-18(11-17)29-13-19-14-30-19/h4-6,11-12,15,19H,7-10,13-14H2,1-3H3. The van der Waals surface area contributed by atoms with Gasteiger partial charge in [0.05, 0.1) is 42.3 Å². The summed E-state index contributed by atoms with van der Waals surface area (Å²) in [6.07, 6.45) is 0.236. The molecule has 7 nitrogen and oxygen atoms in total. The molecule has 2 aliphatic heterocycles. The third kappa shape index (κ3) is 3.75. The predicted molar refractivity (Wildman–Crippen MR) is 116 cm³/mol. The molecule has 2 aromatic heterocycles. The lowest BCUT2D eigenvalue weighted by atomic mass is 10.1. The van der Waals surface area contributed by atoms with E-state index in [2.05, 4.69) is 43.9 Å². The van der Waals surface area contributed by atoms with E-state index >= 15 is 0 Å². The van der Waals surface area contributed by atoms with Gasteiger partial charge in [0, 0.05) is 24.7 Å². The number of benzene rings is 1. The Bertz CT molecular complexity index is 1050. The van der Waals surface area contributed by atoms with E-state index in [9.17, 15) is 0 Å². The van der Waals surface area contributed by atoms with E-state index in [1.165, 1.54) is 5.69 Å². The number of hydrogen-bond donors (Lipinski definition) is 0. The molecule has 2 aliphatic rings. The molecular formula is C23H28N4O3. The Morgan fingerprint density at radius 3 is 2.73 bits per heavy atom. The summed E-state index contributed by atoms with van der Waals surface area (Å²) < 4.78 is 18.8. The first-order chi connectivity index (χ1) is 14.6. The largest absolute Gasteiger partial charge is 0.491 e. The fourth-order valence-electron chi connectivity index (χ4n) is 3.95. The number of nitrogens with zero attached hydrogens (tertiary/aromatic N) is 4. The number of fused-ring (bicyclic) bond motifs is 1. The van der Waals surface area contributed by atoms with Gasteiger partial charge in [-0.15, -0.1) is 0 Å². The Hall–Kier alpha value is -2.64. The fraction of sp³-hybridized carbons (Fsp3) is 0.478. The monoisotopic (exact) mass is 408 g/mol. The molecule has 0 amide bonds. The zero-order valence-electron chi connectivity index (χ0n) is 17.8. The second-order valence-corrected chi connectivity index (χ2v) is 8.24. The van der Waals surface area contributed by atoms with Crippen molar-refractivity contribution in [1.82, 2.24) is 14.8 Å². The van der Waals surface area contributed by atoms with Crippen LogP contribution in [0.1, 0.15) is 25.6 Å². The highest BCUT2D eigenvalue weighted by atomic mass is 16.6. The summed E-state index contributed by atoms with van der Waals surface area (Å²) in [5.41, 5.74) is 5.09. The van der Waals surface area contributed by atoms with Crippen LogP contribution in [0, 0.1) is 6.92 Å². The number of anilines is 1. The van der Waals surface area contributed by atoms with Crippen LogP contribution in [0.5, 0.6) is 5.75 Å². The van der Waals surface area contributed by atoms with Crippen molar-refractivity contribution in [3.05, 3.63) is 36.0 Å². The van der Waals surface area contributed by atoms with Gasteiger partial charge in [0.15, 0.2) is 5.65 Å². The highest BCUT2D eigenvalue weighted by molar-refractivity contribution is 5.94. The summed E-state index contributed by atoms with van der Waals surface area (Å²) in [6, 6.07) is 10.6. The van der Waals surface area contributed by atoms with E-state index in [1.807, 2.05) is 16.8 Å². The Kier molecular flexibility index (Phi) is 5.08. The van der Waals surface area contributed by atoms with Crippen molar-refractivity contribution in [2.24, 2.45) is 0 Å². The number of aromatic nitrogens is 3. The molecule has 1 aromatic carbocycles. The van der Waals surface area contributed by atoms with E-state index in [1.54, 1.807) is 0 Å². The van der Waals surface area contributed by atoms with Gasteiger partial charge in [-0.1, -0.05) is 12.1 Å². The van der Waals surface area contributed by atoms with Crippen LogP contribution < -0.4 is 9.64 Å². The third-order valence-corrected chi connectivity index (χ3v) is 5.63. The maximum Gasteiger partial charge on any atom is 0.161 e. The van der Waals surface area contributed by atoms with Crippen molar-refractivity contribution >= 4 is 16.7 Å². The van der Waals surface area contributed by atoms with E-state index < -0.39 is 0 Å². The highest BCUT2D eigenvalue weighted by Gasteiger charge is 2.24. The van der Waals surface area contributed by atoms with Crippen LogP contribution in [-0.4, -0.2) is 60.4 Å². The van der Waals surface area contributed by atoms with Crippen molar-refractivity contribution in [1.29, 1.82) is 0 Å². The van der Waals surface area contributed by atoms with E-state index in [-0.39, 0.29) is 12.1 Å². The van der Waals surface area contributed by atoms with Gasteiger partial charge in [-0.3, -0.25) is 0 Å². The SMILES string of the molecule is Cc1nn(C(C)C)c2nc(-c3cccc(OCC4CO4)c3)cc(N3CCOCC3)c12. The first kappa shape index (κ1) is 19.3. The summed E-state index contributed by atoms with van der Waals surface area (Å²) >= 11 is 0. The van der Waals surface area contributed by atoms with E-state index in [0.29, 0.717) is 6.61 Å². The minimum absolute atomic E-state index is 0.231. The van der Waals surface area contributed by atoms with Gasteiger partial charge in [-0.25, -0.2) is 9.67 Å². The van der Waals surface area contributed by atoms with Crippen LogP contribution in [0.3, 0.4) is 0 Å². The molecule has 5 rings (SSSR count). The maximum absolute atomic E-state index is 5.89. The number of rotatable bonds is 6. The van der Waals surface area contributed by atoms with Gasteiger partial charge in [0.1, 0.15) is 18.5 Å². The van der Waals surface area contributed by atoms with Crippen LogP contribution in [0.4, 0.5) is 5.69 Å². The lowest BCUT2D eigenvalue weighted by Gasteiger charge is -2.30. The summed E-state index contributed by atoms with van der Waals surface area (Å²) in [6.45, 7) is 11.0. The molecule has 0 bridgehead atoms. The summed E-state index contributed by atoms with van der Waals surface area (Å²) in [7, 11) is 0. The Labute approximate surface area is 176 Å². The molecule has 0 N–H and O–H groups in total. The number of morpholine rings is 1. The summed E-state index contributed by atoms with van der Waals surface area (Å²) in [5.74, 6) is 0.839. The Morgan fingerprint density at radius 1 is 1.20 bits per heavy atom. The molecule has 4 heterocycles. The number of aryl methyl sites for hydroxylation is 1. The second-order valence-electron chi connectivity index (χ2n) is 8.24. The Balaban J connectivity index is 1.61. The first-order valence-electron chi connectivity index (χ1n) is 10.7. The minimum atomic E-state index is 0.231. The van der Waals surface area contributed by atoms with Crippen molar-refractivity contribution < 1.29 is 14.2 Å². The zero-order chi connectivity index (χ0) is 20.7. The molecule has 3 aromatic rings. The van der Waals surface area contributed by atoms with Crippen molar-refractivity contribution in [2.75, 3.05) is 44.4 Å². The predicted octanol–water partition coefficient (Wildman–Crippen LogP) is 3.60. The topological polar surface area (TPSA) is 64.9 Å². The van der Waals surface area contributed by atoms with Crippen LogP contribution in [0.15, 0.2) is 30.3 Å². The molecule has 2 saturated heterocycles.